The molecule has 0 unspecified atom stereocenters. The molecule has 0 N–H and O–H groups in total. The first-order chi connectivity index (χ1) is 15.8. The topological polar surface area (TPSA) is 47.2 Å². The average molecular weight is 434 g/mol. The Hall–Kier alpha value is -3.96. The molecule has 1 aromatic heterocycles. The molecule has 4 aromatic carbocycles. The predicted molar refractivity (Wildman–Crippen MR) is 131 cm³/mol. The normalized spacial score (nSPS) is 11.2. The molecule has 5 rings (SSSR count). The molecule has 5 aromatic rings. The van der Waals surface area contributed by atoms with Crippen LogP contribution in [-0.2, 0) is 0 Å². The van der Waals surface area contributed by atoms with Crippen LogP contribution in [0.1, 0.15) is 5.56 Å². The molecule has 0 saturated heterocycles. The standard InChI is InChI=1S/C27H19N3OS/c31-27-23-16-8-9-17-24(23)29-26(20-11-3-1-4-12-20)30(27)28-19-21-13-7-10-18-25(21)32-22-14-5-2-6-15-22/h1-19H. The van der Waals surface area contributed by atoms with Gasteiger partial charge in [-0.05, 0) is 30.3 Å². The number of rotatable bonds is 5. The first-order valence-electron chi connectivity index (χ1n) is 10.2. The largest absolute Gasteiger partial charge is 0.282 e. The van der Waals surface area contributed by atoms with Crippen molar-refractivity contribution in [2.75, 3.05) is 0 Å². The molecular formula is C27H19N3OS. The van der Waals surface area contributed by atoms with E-state index in [4.69, 9.17) is 4.98 Å². The summed E-state index contributed by atoms with van der Waals surface area (Å²) in [6, 6.07) is 35.2. The molecule has 0 radical (unpaired) electrons. The number of hydrogen-bond acceptors (Lipinski definition) is 4. The Morgan fingerprint density at radius 2 is 1.41 bits per heavy atom. The number of fused-ring (bicyclic) bond motifs is 1. The molecule has 0 bridgehead atoms. The van der Waals surface area contributed by atoms with Crippen molar-refractivity contribution < 1.29 is 0 Å². The first kappa shape index (κ1) is 20.0. The molecule has 154 valence electrons. The second-order valence-electron chi connectivity index (χ2n) is 7.13. The minimum atomic E-state index is -0.195. The number of benzene rings is 4. The van der Waals surface area contributed by atoms with Crippen molar-refractivity contribution in [1.82, 2.24) is 9.66 Å². The lowest BCUT2D eigenvalue weighted by atomic mass is 10.2. The van der Waals surface area contributed by atoms with Gasteiger partial charge in [-0.3, -0.25) is 4.79 Å². The van der Waals surface area contributed by atoms with Crippen LogP contribution in [0.15, 0.2) is 129 Å². The van der Waals surface area contributed by atoms with E-state index in [2.05, 4.69) is 23.3 Å². The Morgan fingerprint density at radius 3 is 2.22 bits per heavy atom. The van der Waals surface area contributed by atoms with Crippen LogP contribution in [0.25, 0.3) is 22.3 Å². The SMILES string of the molecule is O=c1c2ccccc2nc(-c2ccccc2)n1N=Cc1ccccc1Sc1ccccc1. The molecule has 1 heterocycles. The monoisotopic (exact) mass is 433 g/mol. The van der Waals surface area contributed by atoms with E-state index in [-0.39, 0.29) is 5.56 Å². The van der Waals surface area contributed by atoms with Gasteiger partial charge in [0.05, 0.1) is 17.1 Å². The van der Waals surface area contributed by atoms with Crippen molar-refractivity contribution in [3.8, 4) is 11.4 Å². The highest BCUT2D eigenvalue weighted by Crippen LogP contribution is 2.29. The highest BCUT2D eigenvalue weighted by Gasteiger charge is 2.12. The molecule has 0 fully saturated rings. The van der Waals surface area contributed by atoms with Crippen LogP contribution in [0.4, 0.5) is 0 Å². The average Bonchev–Trinajstić information content (AvgIpc) is 2.85. The highest BCUT2D eigenvalue weighted by molar-refractivity contribution is 7.99. The van der Waals surface area contributed by atoms with Crippen LogP contribution >= 0.6 is 11.8 Å². The molecule has 5 heteroatoms. The maximum absolute atomic E-state index is 13.3. The van der Waals surface area contributed by atoms with Crippen molar-refractivity contribution in [3.63, 3.8) is 0 Å². The van der Waals surface area contributed by atoms with Gasteiger partial charge in [0, 0.05) is 20.9 Å². The van der Waals surface area contributed by atoms with Crippen LogP contribution in [0, 0.1) is 0 Å². The van der Waals surface area contributed by atoms with Crippen LogP contribution in [0.2, 0.25) is 0 Å². The van der Waals surface area contributed by atoms with E-state index in [1.54, 1.807) is 24.0 Å². The fourth-order valence-electron chi connectivity index (χ4n) is 3.42. The van der Waals surface area contributed by atoms with Gasteiger partial charge in [-0.2, -0.15) is 9.78 Å². The van der Waals surface area contributed by atoms with Crippen molar-refractivity contribution >= 4 is 28.9 Å². The molecule has 0 spiro atoms. The van der Waals surface area contributed by atoms with Gasteiger partial charge >= 0.3 is 0 Å². The Kier molecular flexibility index (Phi) is 5.64. The van der Waals surface area contributed by atoms with Gasteiger partial charge in [-0.25, -0.2) is 4.98 Å². The summed E-state index contributed by atoms with van der Waals surface area (Å²) in [5, 5.41) is 5.15. The third-order valence-corrected chi connectivity index (χ3v) is 6.09. The maximum Gasteiger partial charge on any atom is 0.282 e. The van der Waals surface area contributed by atoms with E-state index in [1.165, 1.54) is 4.68 Å². The Labute approximate surface area is 189 Å². The van der Waals surface area contributed by atoms with Gasteiger partial charge < -0.3 is 0 Å². The van der Waals surface area contributed by atoms with E-state index in [0.29, 0.717) is 16.7 Å². The number of para-hydroxylation sites is 1. The van der Waals surface area contributed by atoms with Crippen LogP contribution in [0.5, 0.6) is 0 Å². The van der Waals surface area contributed by atoms with Crippen LogP contribution in [0.3, 0.4) is 0 Å². The molecule has 0 atom stereocenters. The predicted octanol–water partition coefficient (Wildman–Crippen LogP) is 6.10. The molecule has 0 amide bonds. The Bertz CT molecular complexity index is 1460. The third kappa shape index (κ3) is 4.11. The molecule has 0 aliphatic heterocycles. The summed E-state index contributed by atoms with van der Waals surface area (Å²) in [4.78, 5) is 20.3. The maximum atomic E-state index is 13.3. The van der Waals surface area contributed by atoms with E-state index >= 15 is 0 Å². The molecule has 0 aliphatic rings. The summed E-state index contributed by atoms with van der Waals surface area (Å²) in [5.74, 6) is 0.513. The smallest absolute Gasteiger partial charge is 0.267 e. The Morgan fingerprint density at radius 1 is 0.750 bits per heavy atom. The zero-order valence-corrected chi connectivity index (χ0v) is 17.9. The van der Waals surface area contributed by atoms with Gasteiger partial charge in [-0.1, -0.05) is 90.6 Å². The number of hydrogen-bond donors (Lipinski definition) is 0. The number of nitrogens with zero attached hydrogens (tertiary/aromatic N) is 3. The van der Waals surface area contributed by atoms with Crippen molar-refractivity contribution in [1.29, 1.82) is 0 Å². The van der Waals surface area contributed by atoms with Gasteiger partial charge in [0.15, 0.2) is 5.82 Å². The summed E-state index contributed by atoms with van der Waals surface area (Å²) < 4.78 is 1.39. The van der Waals surface area contributed by atoms with Gasteiger partial charge in [0.1, 0.15) is 0 Å². The second kappa shape index (κ2) is 9.04. The quantitative estimate of drug-likeness (QED) is 0.315. The second-order valence-corrected chi connectivity index (χ2v) is 8.25. The molecule has 0 saturated carbocycles. The fraction of sp³-hybridized carbons (Fsp3) is 0. The first-order valence-corrected chi connectivity index (χ1v) is 11.0. The third-order valence-electron chi connectivity index (χ3n) is 4.99. The van der Waals surface area contributed by atoms with Gasteiger partial charge in [-0.15, -0.1) is 0 Å². The minimum absolute atomic E-state index is 0.195. The van der Waals surface area contributed by atoms with E-state index in [0.717, 1.165) is 20.9 Å². The summed E-state index contributed by atoms with van der Waals surface area (Å²) >= 11 is 1.66. The summed E-state index contributed by atoms with van der Waals surface area (Å²) in [6.45, 7) is 0. The van der Waals surface area contributed by atoms with E-state index in [1.807, 2.05) is 84.9 Å². The van der Waals surface area contributed by atoms with E-state index in [9.17, 15) is 4.79 Å². The molecular weight excluding hydrogens is 414 g/mol. The van der Waals surface area contributed by atoms with Crippen LogP contribution < -0.4 is 5.56 Å². The van der Waals surface area contributed by atoms with Gasteiger partial charge in [0.25, 0.3) is 5.56 Å². The van der Waals surface area contributed by atoms with Crippen molar-refractivity contribution in [3.05, 3.63) is 125 Å². The zero-order chi connectivity index (χ0) is 21.8. The molecule has 0 aliphatic carbocycles. The lowest BCUT2D eigenvalue weighted by molar-refractivity contribution is 0.829. The lowest BCUT2D eigenvalue weighted by Gasteiger charge is -2.10. The minimum Gasteiger partial charge on any atom is -0.267 e. The fourth-order valence-corrected chi connectivity index (χ4v) is 4.35. The number of aromatic nitrogens is 2. The van der Waals surface area contributed by atoms with Crippen LogP contribution in [-0.4, -0.2) is 15.9 Å². The van der Waals surface area contributed by atoms with E-state index < -0.39 is 0 Å². The molecule has 32 heavy (non-hydrogen) atoms. The molecule has 4 nitrogen and oxygen atoms in total. The highest BCUT2D eigenvalue weighted by atomic mass is 32.2. The van der Waals surface area contributed by atoms with Gasteiger partial charge in [0.2, 0.25) is 0 Å². The van der Waals surface area contributed by atoms with Crippen molar-refractivity contribution in [2.45, 2.75) is 9.79 Å². The zero-order valence-electron chi connectivity index (χ0n) is 17.1. The summed E-state index contributed by atoms with van der Waals surface area (Å²) in [7, 11) is 0. The summed E-state index contributed by atoms with van der Waals surface area (Å²) in [6.07, 6.45) is 1.73. The van der Waals surface area contributed by atoms with Crippen molar-refractivity contribution in [2.24, 2.45) is 5.10 Å². The Balaban J connectivity index is 1.62. The lowest BCUT2D eigenvalue weighted by Crippen LogP contribution is -2.20. The summed E-state index contributed by atoms with van der Waals surface area (Å²) in [5.41, 5.74) is 2.22.